The molecule has 1 saturated heterocycles. The predicted molar refractivity (Wildman–Crippen MR) is 72.9 cm³/mol. The van der Waals surface area contributed by atoms with E-state index in [9.17, 15) is 4.79 Å². The number of benzene rings is 1. The number of hydrogen-bond acceptors (Lipinski definition) is 3. The molecule has 4 heteroatoms. The van der Waals surface area contributed by atoms with E-state index in [0.29, 0.717) is 26.2 Å². The van der Waals surface area contributed by atoms with Crippen LogP contribution < -0.4 is 4.74 Å². The molecule has 1 amide bonds. The second kappa shape index (κ2) is 6.57. The first-order valence-electron chi connectivity index (χ1n) is 6.81. The van der Waals surface area contributed by atoms with Crippen LogP contribution in [0.4, 0.5) is 0 Å². The maximum absolute atomic E-state index is 11.9. The lowest BCUT2D eigenvalue weighted by Gasteiger charge is -2.25. The molecule has 1 aliphatic heterocycles. The predicted octanol–water partition coefficient (Wildman–Crippen LogP) is 2.63. The molecule has 1 aromatic rings. The smallest absolute Gasteiger partial charge is 0.249 e. The lowest BCUT2D eigenvalue weighted by atomic mass is 10.1. The fourth-order valence-corrected chi connectivity index (χ4v) is 2.19. The highest BCUT2D eigenvalue weighted by Gasteiger charge is 2.17. The van der Waals surface area contributed by atoms with Gasteiger partial charge in [0.15, 0.2) is 0 Å². The number of hydroxylamine groups is 2. The van der Waals surface area contributed by atoms with Crippen molar-refractivity contribution in [2.45, 2.75) is 33.1 Å². The van der Waals surface area contributed by atoms with Gasteiger partial charge in [0.25, 0.3) is 0 Å². The summed E-state index contributed by atoms with van der Waals surface area (Å²) in [5, 5.41) is 1.47. The van der Waals surface area contributed by atoms with E-state index in [0.717, 1.165) is 29.7 Å². The summed E-state index contributed by atoms with van der Waals surface area (Å²) in [7, 11) is 0. The first kappa shape index (κ1) is 13.9. The van der Waals surface area contributed by atoms with Crippen molar-refractivity contribution < 1.29 is 14.4 Å². The first-order chi connectivity index (χ1) is 9.18. The van der Waals surface area contributed by atoms with Gasteiger partial charge in [-0.05, 0) is 37.8 Å². The number of rotatable bonds is 4. The summed E-state index contributed by atoms with van der Waals surface area (Å²) >= 11 is 0. The molecule has 0 atom stereocenters. The normalized spacial score (nSPS) is 15.4. The van der Waals surface area contributed by atoms with Crippen molar-refractivity contribution in [3.63, 3.8) is 0 Å². The van der Waals surface area contributed by atoms with Crippen molar-refractivity contribution in [3.8, 4) is 5.75 Å². The summed E-state index contributed by atoms with van der Waals surface area (Å²) in [4.78, 5) is 17.2. The summed E-state index contributed by atoms with van der Waals surface area (Å²) in [5.74, 6) is 0.890. The Balaban J connectivity index is 1.81. The summed E-state index contributed by atoms with van der Waals surface area (Å²) in [5.41, 5.74) is 2.20. The highest BCUT2D eigenvalue weighted by atomic mass is 16.7. The Hall–Kier alpha value is -1.55. The number of nitrogens with zero attached hydrogens (tertiary/aromatic N) is 1. The quantitative estimate of drug-likeness (QED) is 0.838. The number of amides is 1. The molecular formula is C15H21NO3. The van der Waals surface area contributed by atoms with Crippen LogP contribution in [0.1, 0.15) is 30.4 Å². The molecule has 0 aromatic heterocycles. The number of carbonyl (C=O) groups is 1. The third-order valence-electron chi connectivity index (χ3n) is 3.25. The van der Waals surface area contributed by atoms with Crippen molar-refractivity contribution in [2.24, 2.45) is 0 Å². The molecule has 1 heterocycles. The molecule has 19 heavy (non-hydrogen) atoms. The van der Waals surface area contributed by atoms with Gasteiger partial charge in [-0.25, -0.2) is 5.06 Å². The van der Waals surface area contributed by atoms with Crippen LogP contribution in [0.2, 0.25) is 0 Å². The van der Waals surface area contributed by atoms with Gasteiger partial charge in [-0.1, -0.05) is 18.2 Å². The fourth-order valence-electron chi connectivity index (χ4n) is 2.19. The minimum absolute atomic E-state index is 0.00550. The molecule has 0 spiro atoms. The monoisotopic (exact) mass is 263 g/mol. The molecule has 0 radical (unpaired) electrons. The Morgan fingerprint density at radius 3 is 2.68 bits per heavy atom. The number of hydrogen-bond donors (Lipinski definition) is 0. The van der Waals surface area contributed by atoms with Crippen molar-refractivity contribution in [1.29, 1.82) is 0 Å². The topological polar surface area (TPSA) is 38.8 Å². The first-order valence-corrected chi connectivity index (χ1v) is 6.81. The lowest BCUT2D eigenvalue weighted by molar-refractivity contribution is -0.197. The van der Waals surface area contributed by atoms with E-state index in [1.807, 2.05) is 32.0 Å². The van der Waals surface area contributed by atoms with Gasteiger partial charge in [0.1, 0.15) is 5.75 Å². The van der Waals surface area contributed by atoms with Gasteiger partial charge in [0, 0.05) is 6.54 Å². The van der Waals surface area contributed by atoms with Gasteiger partial charge >= 0.3 is 0 Å². The SMILES string of the molecule is Cc1cccc(C)c1OCCC(=O)N1CCCCO1. The minimum Gasteiger partial charge on any atom is -0.493 e. The number of aryl methyl sites for hydroxylation is 2. The Labute approximate surface area is 114 Å². The second-order valence-electron chi connectivity index (χ2n) is 4.86. The number of para-hydroxylation sites is 1. The molecule has 0 bridgehead atoms. The van der Waals surface area contributed by atoms with E-state index in [1.165, 1.54) is 5.06 Å². The van der Waals surface area contributed by atoms with Gasteiger partial charge in [0.05, 0.1) is 19.6 Å². The van der Waals surface area contributed by atoms with Crippen LogP contribution in [-0.2, 0) is 9.63 Å². The number of carbonyl (C=O) groups excluding carboxylic acids is 1. The van der Waals surface area contributed by atoms with Gasteiger partial charge in [-0.15, -0.1) is 0 Å². The Kier molecular flexibility index (Phi) is 4.80. The maximum atomic E-state index is 11.9. The summed E-state index contributed by atoms with van der Waals surface area (Å²) in [6, 6.07) is 6.03. The highest BCUT2D eigenvalue weighted by molar-refractivity contribution is 5.75. The fraction of sp³-hybridized carbons (Fsp3) is 0.533. The van der Waals surface area contributed by atoms with E-state index in [4.69, 9.17) is 9.57 Å². The average Bonchev–Trinajstić information content (AvgIpc) is 2.43. The van der Waals surface area contributed by atoms with Crippen molar-refractivity contribution in [1.82, 2.24) is 5.06 Å². The Bertz CT molecular complexity index is 419. The van der Waals surface area contributed by atoms with E-state index in [-0.39, 0.29) is 5.91 Å². The van der Waals surface area contributed by atoms with Gasteiger partial charge in [-0.2, -0.15) is 0 Å². The zero-order chi connectivity index (χ0) is 13.7. The molecule has 1 aromatic carbocycles. The molecule has 0 unspecified atom stereocenters. The molecule has 104 valence electrons. The molecule has 1 aliphatic rings. The molecule has 0 aliphatic carbocycles. The van der Waals surface area contributed by atoms with Crippen molar-refractivity contribution >= 4 is 5.91 Å². The summed E-state index contributed by atoms with van der Waals surface area (Å²) in [6.07, 6.45) is 2.40. The van der Waals surface area contributed by atoms with Gasteiger partial charge < -0.3 is 4.74 Å². The van der Waals surface area contributed by atoms with Crippen LogP contribution in [0.3, 0.4) is 0 Å². The average molecular weight is 263 g/mol. The van der Waals surface area contributed by atoms with Crippen LogP contribution >= 0.6 is 0 Å². The third kappa shape index (κ3) is 3.70. The van der Waals surface area contributed by atoms with Crippen LogP contribution in [0.15, 0.2) is 18.2 Å². The molecular weight excluding hydrogens is 242 g/mol. The third-order valence-corrected chi connectivity index (χ3v) is 3.25. The Morgan fingerprint density at radius 1 is 1.32 bits per heavy atom. The molecule has 0 N–H and O–H groups in total. The summed E-state index contributed by atoms with van der Waals surface area (Å²) < 4.78 is 5.73. The van der Waals surface area contributed by atoms with Gasteiger partial charge in [0.2, 0.25) is 5.91 Å². The molecule has 1 fully saturated rings. The van der Waals surface area contributed by atoms with Crippen LogP contribution in [0, 0.1) is 13.8 Å². The highest BCUT2D eigenvalue weighted by Crippen LogP contribution is 2.22. The largest absolute Gasteiger partial charge is 0.493 e. The minimum atomic E-state index is 0.00550. The van der Waals surface area contributed by atoms with E-state index in [2.05, 4.69) is 0 Å². The zero-order valence-corrected chi connectivity index (χ0v) is 11.6. The van der Waals surface area contributed by atoms with Crippen LogP contribution in [-0.4, -0.2) is 30.7 Å². The van der Waals surface area contributed by atoms with E-state index in [1.54, 1.807) is 0 Å². The van der Waals surface area contributed by atoms with Crippen LogP contribution in [0.25, 0.3) is 0 Å². The van der Waals surface area contributed by atoms with Crippen LogP contribution in [0.5, 0.6) is 5.75 Å². The molecule has 0 saturated carbocycles. The maximum Gasteiger partial charge on any atom is 0.249 e. The number of ether oxygens (including phenoxy) is 1. The van der Waals surface area contributed by atoms with E-state index < -0.39 is 0 Å². The second-order valence-corrected chi connectivity index (χ2v) is 4.86. The standard InChI is InChI=1S/C15H21NO3/c1-12-6-5-7-13(2)15(12)18-11-8-14(17)16-9-3-4-10-19-16/h5-7H,3-4,8-11H2,1-2H3. The summed E-state index contributed by atoms with van der Waals surface area (Å²) in [6.45, 7) is 5.76. The Morgan fingerprint density at radius 2 is 2.05 bits per heavy atom. The van der Waals surface area contributed by atoms with Gasteiger partial charge in [-0.3, -0.25) is 9.63 Å². The van der Waals surface area contributed by atoms with Crippen molar-refractivity contribution in [2.75, 3.05) is 19.8 Å². The zero-order valence-electron chi connectivity index (χ0n) is 11.6. The van der Waals surface area contributed by atoms with Crippen molar-refractivity contribution in [3.05, 3.63) is 29.3 Å². The molecule has 4 nitrogen and oxygen atoms in total. The molecule has 2 rings (SSSR count). The lowest BCUT2D eigenvalue weighted by Crippen LogP contribution is -2.36. The van der Waals surface area contributed by atoms with E-state index >= 15 is 0 Å².